The van der Waals surface area contributed by atoms with Gasteiger partial charge in [0.15, 0.2) is 0 Å². The molecule has 0 spiro atoms. The van der Waals surface area contributed by atoms with Crippen LogP contribution in [-0.2, 0) is 10.0 Å². The number of nitrogens with one attached hydrogen (secondary N) is 2. The van der Waals surface area contributed by atoms with Gasteiger partial charge in [0.2, 0.25) is 10.0 Å². The van der Waals surface area contributed by atoms with Crippen LogP contribution in [-0.4, -0.2) is 27.5 Å². The quantitative estimate of drug-likeness (QED) is 0.680. The number of sulfonamides is 1. The Balaban J connectivity index is 2.38. The van der Waals surface area contributed by atoms with E-state index in [1.54, 1.807) is 32.0 Å². The van der Waals surface area contributed by atoms with Crippen molar-refractivity contribution >= 4 is 49.1 Å². The highest BCUT2D eigenvalue weighted by Crippen LogP contribution is 2.29. The maximum atomic E-state index is 12.6. The van der Waals surface area contributed by atoms with Crippen LogP contribution >= 0.6 is 27.5 Å². The zero-order chi connectivity index (χ0) is 19.5. The molecule has 140 valence electrons. The first-order valence-electron chi connectivity index (χ1n) is 7.61. The van der Waals surface area contributed by atoms with E-state index in [1.807, 2.05) is 0 Å². The lowest BCUT2D eigenvalue weighted by Crippen LogP contribution is -2.30. The summed E-state index contributed by atoms with van der Waals surface area (Å²) in [6, 6.07) is 8.82. The van der Waals surface area contributed by atoms with Crippen LogP contribution in [0, 0.1) is 0 Å². The highest BCUT2D eigenvalue weighted by Gasteiger charge is 2.20. The SMILES string of the molecule is COc1ccc(Br)cc1NC(=O)c1cc(S(=O)(=O)NC(C)C)ccc1Cl. The molecule has 2 aromatic rings. The Hall–Kier alpha value is -1.61. The van der Waals surface area contributed by atoms with Gasteiger partial charge in [-0.25, -0.2) is 13.1 Å². The van der Waals surface area contributed by atoms with E-state index >= 15 is 0 Å². The molecule has 9 heteroatoms. The first-order chi connectivity index (χ1) is 12.1. The van der Waals surface area contributed by atoms with E-state index in [1.165, 1.54) is 25.3 Å². The molecule has 0 aliphatic heterocycles. The van der Waals surface area contributed by atoms with Crippen molar-refractivity contribution in [1.29, 1.82) is 0 Å². The second-order valence-electron chi connectivity index (χ2n) is 5.72. The summed E-state index contributed by atoms with van der Waals surface area (Å²) in [4.78, 5) is 12.6. The van der Waals surface area contributed by atoms with E-state index < -0.39 is 15.9 Å². The summed E-state index contributed by atoms with van der Waals surface area (Å²) in [5, 5.41) is 2.82. The van der Waals surface area contributed by atoms with Gasteiger partial charge in [-0.05, 0) is 50.2 Å². The molecular formula is C17H18BrClN2O4S. The molecule has 26 heavy (non-hydrogen) atoms. The molecule has 0 atom stereocenters. The first kappa shape index (κ1) is 20.7. The minimum Gasteiger partial charge on any atom is -0.495 e. The van der Waals surface area contributed by atoms with Gasteiger partial charge in [0.1, 0.15) is 5.75 Å². The molecule has 0 fully saturated rings. The zero-order valence-electron chi connectivity index (χ0n) is 14.3. The Morgan fingerprint density at radius 2 is 1.88 bits per heavy atom. The number of benzene rings is 2. The molecule has 0 aromatic heterocycles. The molecule has 6 nitrogen and oxygen atoms in total. The van der Waals surface area contributed by atoms with E-state index in [0.717, 1.165) is 4.47 Å². The van der Waals surface area contributed by atoms with Crippen molar-refractivity contribution in [2.45, 2.75) is 24.8 Å². The standard InChI is InChI=1S/C17H18BrClN2O4S/c1-10(2)21-26(23,24)12-5-6-14(19)13(9-12)17(22)20-15-8-11(18)4-7-16(15)25-3/h4-10,21H,1-3H3,(H,20,22). The summed E-state index contributed by atoms with van der Waals surface area (Å²) in [5.74, 6) is -0.0871. The van der Waals surface area contributed by atoms with E-state index in [9.17, 15) is 13.2 Å². The molecule has 0 unspecified atom stereocenters. The summed E-state index contributed by atoms with van der Waals surface area (Å²) in [7, 11) is -2.26. The number of carbonyl (C=O) groups excluding carboxylic acids is 1. The summed E-state index contributed by atoms with van der Waals surface area (Å²) in [6.45, 7) is 3.42. The van der Waals surface area contributed by atoms with Gasteiger partial charge >= 0.3 is 0 Å². The lowest BCUT2D eigenvalue weighted by Gasteiger charge is -2.13. The van der Waals surface area contributed by atoms with Crippen LogP contribution in [0.15, 0.2) is 45.8 Å². The molecule has 1 amide bonds. The number of rotatable bonds is 6. The van der Waals surface area contributed by atoms with Crippen molar-refractivity contribution in [2.75, 3.05) is 12.4 Å². The molecule has 0 heterocycles. The summed E-state index contributed by atoms with van der Waals surface area (Å²) >= 11 is 9.43. The predicted molar refractivity (Wildman–Crippen MR) is 106 cm³/mol. The Morgan fingerprint density at radius 1 is 1.19 bits per heavy atom. The van der Waals surface area contributed by atoms with Crippen LogP contribution in [0.5, 0.6) is 5.75 Å². The third-order valence-electron chi connectivity index (χ3n) is 3.29. The Kier molecular flexibility index (Phi) is 6.68. The first-order valence-corrected chi connectivity index (χ1v) is 10.3. The van der Waals surface area contributed by atoms with Gasteiger partial charge in [-0.1, -0.05) is 27.5 Å². The Bertz CT molecular complexity index is 932. The van der Waals surface area contributed by atoms with Crippen LogP contribution in [0.1, 0.15) is 24.2 Å². The maximum absolute atomic E-state index is 12.6. The molecule has 0 saturated heterocycles. The molecule has 0 bridgehead atoms. The van der Waals surface area contributed by atoms with Crippen LogP contribution in [0.4, 0.5) is 5.69 Å². The molecule has 0 radical (unpaired) electrons. The number of hydrogen-bond donors (Lipinski definition) is 2. The van der Waals surface area contributed by atoms with E-state index in [-0.39, 0.29) is 21.5 Å². The van der Waals surface area contributed by atoms with Gasteiger partial charge in [-0.3, -0.25) is 4.79 Å². The molecule has 0 saturated carbocycles. The number of amides is 1. The largest absolute Gasteiger partial charge is 0.495 e. The topological polar surface area (TPSA) is 84.5 Å². The summed E-state index contributed by atoms with van der Waals surface area (Å²) in [6.07, 6.45) is 0. The second-order valence-corrected chi connectivity index (χ2v) is 8.75. The smallest absolute Gasteiger partial charge is 0.257 e. The molecule has 2 rings (SSSR count). The minimum absolute atomic E-state index is 0.0399. The second kappa shape index (κ2) is 8.39. The van der Waals surface area contributed by atoms with Gasteiger partial charge in [0.05, 0.1) is 28.3 Å². The van der Waals surface area contributed by atoms with E-state index in [0.29, 0.717) is 11.4 Å². The fraction of sp³-hybridized carbons (Fsp3) is 0.235. The number of carbonyl (C=O) groups is 1. The number of halogens is 2. The third kappa shape index (κ3) is 4.97. The van der Waals surface area contributed by atoms with Crippen molar-refractivity contribution < 1.29 is 17.9 Å². The highest BCUT2D eigenvalue weighted by molar-refractivity contribution is 9.10. The van der Waals surface area contributed by atoms with Crippen LogP contribution in [0.2, 0.25) is 5.02 Å². The highest BCUT2D eigenvalue weighted by atomic mass is 79.9. The van der Waals surface area contributed by atoms with Gasteiger partial charge in [-0.15, -0.1) is 0 Å². The van der Waals surface area contributed by atoms with E-state index in [2.05, 4.69) is 26.0 Å². The van der Waals surface area contributed by atoms with Crippen LogP contribution in [0.3, 0.4) is 0 Å². The van der Waals surface area contributed by atoms with Crippen molar-refractivity contribution in [1.82, 2.24) is 4.72 Å². The Labute approximate surface area is 166 Å². The number of anilines is 1. The average molecular weight is 462 g/mol. The van der Waals surface area contributed by atoms with E-state index in [4.69, 9.17) is 16.3 Å². The summed E-state index contributed by atoms with van der Waals surface area (Å²) in [5.41, 5.74) is 0.469. The van der Waals surface area contributed by atoms with Gasteiger partial charge in [0, 0.05) is 10.5 Å². The molecular weight excluding hydrogens is 444 g/mol. The minimum atomic E-state index is -3.75. The van der Waals surface area contributed by atoms with Crippen molar-refractivity contribution in [3.05, 3.63) is 51.5 Å². The van der Waals surface area contributed by atoms with Gasteiger partial charge < -0.3 is 10.1 Å². The van der Waals surface area contributed by atoms with Crippen molar-refractivity contribution in [3.63, 3.8) is 0 Å². The van der Waals surface area contributed by atoms with Gasteiger partial charge in [0.25, 0.3) is 5.91 Å². The van der Waals surface area contributed by atoms with Crippen LogP contribution in [0.25, 0.3) is 0 Å². The Morgan fingerprint density at radius 3 is 2.50 bits per heavy atom. The monoisotopic (exact) mass is 460 g/mol. The summed E-state index contributed by atoms with van der Waals surface area (Å²) < 4.78 is 33.1. The maximum Gasteiger partial charge on any atom is 0.257 e. The lowest BCUT2D eigenvalue weighted by atomic mass is 10.2. The third-order valence-corrected chi connectivity index (χ3v) is 5.77. The average Bonchev–Trinajstić information content (AvgIpc) is 2.54. The molecule has 0 aliphatic rings. The number of ether oxygens (including phenoxy) is 1. The molecule has 2 aromatic carbocycles. The normalized spacial score (nSPS) is 11.5. The fourth-order valence-corrected chi connectivity index (χ4v) is 4.03. The zero-order valence-corrected chi connectivity index (χ0v) is 17.5. The van der Waals surface area contributed by atoms with Crippen LogP contribution < -0.4 is 14.8 Å². The van der Waals surface area contributed by atoms with Crippen molar-refractivity contribution in [3.8, 4) is 5.75 Å². The molecule has 2 N–H and O–H groups in total. The lowest BCUT2D eigenvalue weighted by molar-refractivity contribution is 0.102. The number of methoxy groups -OCH3 is 1. The number of hydrogen-bond acceptors (Lipinski definition) is 4. The fourth-order valence-electron chi connectivity index (χ4n) is 2.19. The molecule has 0 aliphatic carbocycles. The predicted octanol–water partition coefficient (Wildman–Crippen LogP) is 4.05. The van der Waals surface area contributed by atoms with Crippen molar-refractivity contribution in [2.24, 2.45) is 0 Å². The van der Waals surface area contributed by atoms with Gasteiger partial charge in [-0.2, -0.15) is 0 Å².